The summed E-state index contributed by atoms with van der Waals surface area (Å²) in [4.78, 5) is 9.10. The van der Waals surface area contributed by atoms with Crippen LogP contribution in [0.2, 0.25) is 0 Å². The van der Waals surface area contributed by atoms with Gasteiger partial charge in [0, 0.05) is 23.9 Å². The minimum absolute atomic E-state index is 0.174. The molecule has 0 aromatic carbocycles. The van der Waals surface area contributed by atoms with E-state index in [1.807, 2.05) is 13.8 Å². The molecule has 0 atom stereocenters. The molecule has 1 aliphatic rings. The Kier molecular flexibility index (Phi) is 3.00. The molecular formula is C12H18N2O. The van der Waals surface area contributed by atoms with Gasteiger partial charge < -0.3 is 5.11 Å². The number of hydrogen-bond donors (Lipinski definition) is 1. The molecule has 0 amide bonds. The first kappa shape index (κ1) is 10.6. The van der Waals surface area contributed by atoms with E-state index >= 15 is 0 Å². The lowest BCUT2D eigenvalue weighted by Gasteiger charge is -2.24. The zero-order valence-corrected chi connectivity index (χ0v) is 9.45. The molecule has 15 heavy (non-hydrogen) atoms. The highest BCUT2D eigenvalue weighted by molar-refractivity contribution is 5.25. The predicted octanol–water partition coefficient (Wildman–Crippen LogP) is 1.90. The summed E-state index contributed by atoms with van der Waals surface area (Å²) in [5, 5.41) is 8.95. The molecule has 3 heteroatoms. The van der Waals surface area contributed by atoms with Crippen LogP contribution in [0.5, 0.6) is 0 Å². The third kappa shape index (κ3) is 2.02. The molecule has 1 aliphatic carbocycles. The monoisotopic (exact) mass is 206 g/mol. The van der Waals surface area contributed by atoms with Gasteiger partial charge in [-0.2, -0.15) is 0 Å². The highest BCUT2D eigenvalue weighted by Gasteiger charge is 2.23. The van der Waals surface area contributed by atoms with Gasteiger partial charge in [0.25, 0.3) is 0 Å². The van der Waals surface area contributed by atoms with Crippen LogP contribution in [0.25, 0.3) is 0 Å². The van der Waals surface area contributed by atoms with Crippen molar-refractivity contribution in [2.75, 3.05) is 6.61 Å². The number of aliphatic hydroxyl groups is 1. The van der Waals surface area contributed by atoms with E-state index in [-0.39, 0.29) is 6.61 Å². The fraction of sp³-hybridized carbons (Fsp3) is 0.667. The van der Waals surface area contributed by atoms with E-state index in [1.165, 1.54) is 19.3 Å². The van der Waals surface area contributed by atoms with E-state index in [1.54, 1.807) is 0 Å². The second-order valence-electron chi connectivity index (χ2n) is 4.33. The fourth-order valence-corrected chi connectivity index (χ4v) is 2.09. The van der Waals surface area contributed by atoms with E-state index in [4.69, 9.17) is 5.11 Å². The maximum atomic E-state index is 8.95. The maximum absolute atomic E-state index is 8.95. The van der Waals surface area contributed by atoms with Crippen molar-refractivity contribution in [1.82, 2.24) is 9.97 Å². The lowest BCUT2D eigenvalue weighted by molar-refractivity contribution is 0.298. The van der Waals surface area contributed by atoms with Crippen LogP contribution in [0.15, 0.2) is 0 Å². The summed E-state index contributed by atoms with van der Waals surface area (Å²) in [5.74, 6) is 1.60. The van der Waals surface area contributed by atoms with Crippen LogP contribution in [0.4, 0.5) is 0 Å². The van der Waals surface area contributed by atoms with Crippen LogP contribution >= 0.6 is 0 Å². The van der Waals surface area contributed by atoms with Gasteiger partial charge in [-0.1, -0.05) is 6.42 Å². The molecule has 1 saturated carbocycles. The Labute approximate surface area is 90.6 Å². The smallest absolute Gasteiger partial charge is 0.131 e. The summed E-state index contributed by atoms with van der Waals surface area (Å²) in [6.45, 7) is 4.21. The summed E-state index contributed by atoms with van der Waals surface area (Å²) in [6, 6.07) is 0. The average Bonchev–Trinajstić information content (AvgIpc) is 2.08. The molecule has 3 nitrogen and oxygen atoms in total. The van der Waals surface area contributed by atoms with Crippen LogP contribution in [0.1, 0.15) is 48.0 Å². The van der Waals surface area contributed by atoms with Crippen molar-refractivity contribution in [3.8, 4) is 0 Å². The Morgan fingerprint density at radius 1 is 1.20 bits per heavy atom. The first-order valence-corrected chi connectivity index (χ1v) is 5.67. The first-order valence-electron chi connectivity index (χ1n) is 5.67. The van der Waals surface area contributed by atoms with Gasteiger partial charge in [0.05, 0.1) is 0 Å². The zero-order chi connectivity index (χ0) is 10.8. The van der Waals surface area contributed by atoms with Gasteiger partial charge in [0.2, 0.25) is 0 Å². The van der Waals surface area contributed by atoms with Crippen LogP contribution in [-0.2, 0) is 6.42 Å². The van der Waals surface area contributed by atoms with Gasteiger partial charge in [0.15, 0.2) is 0 Å². The fourth-order valence-electron chi connectivity index (χ4n) is 2.09. The average molecular weight is 206 g/mol. The summed E-state index contributed by atoms with van der Waals surface area (Å²) in [7, 11) is 0. The van der Waals surface area contributed by atoms with Crippen molar-refractivity contribution >= 4 is 0 Å². The lowest BCUT2D eigenvalue weighted by atomic mass is 9.84. The molecule has 0 radical (unpaired) electrons. The summed E-state index contributed by atoms with van der Waals surface area (Å²) >= 11 is 0. The standard InChI is InChI=1S/C12H18N2O/c1-8-11(6-7-15)9(2)14-12(13-8)10-4-3-5-10/h10,15H,3-7H2,1-2H3. The van der Waals surface area contributed by atoms with E-state index in [9.17, 15) is 0 Å². The number of aromatic nitrogens is 2. The topological polar surface area (TPSA) is 46.0 Å². The number of aryl methyl sites for hydroxylation is 2. The number of aliphatic hydroxyl groups excluding tert-OH is 1. The maximum Gasteiger partial charge on any atom is 0.131 e. The highest BCUT2D eigenvalue weighted by Crippen LogP contribution is 2.34. The van der Waals surface area contributed by atoms with Gasteiger partial charge in [-0.25, -0.2) is 9.97 Å². The molecule has 1 heterocycles. The molecule has 0 spiro atoms. The van der Waals surface area contributed by atoms with Gasteiger partial charge in [-0.3, -0.25) is 0 Å². The molecule has 2 rings (SSSR count). The molecule has 0 bridgehead atoms. The van der Waals surface area contributed by atoms with Crippen LogP contribution in [-0.4, -0.2) is 21.7 Å². The molecule has 82 valence electrons. The summed E-state index contributed by atoms with van der Waals surface area (Å²) < 4.78 is 0. The van der Waals surface area contributed by atoms with E-state index in [0.29, 0.717) is 12.3 Å². The molecule has 1 aromatic heterocycles. The van der Waals surface area contributed by atoms with Gasteiger partial charge in [-0.05, 0) is 38.7 Å². The Hall–Kier alpha value is -0.960. The number of rotatable bonds is 3. The van der Waals surface area contributed by atoms with Crippen LogP contribution in [0.3, 0.4) is 0 Å². The van der Waals surface area contributed by atoms with Gasteiger partial charge >= 0.3 is 0 Å². The van der Waals surface area contributed by atoms with E-state index in [2.05, 4.69) is 9.97 Å². The third-order valence-electron chi connectivity index (χ3n) is 3.27. The van der Waals surface area contributed by atoms with Crippen molar-refractivity contribution in [3.05, 3.63) is 22.8 Å². The van der Waals surface area contributed by atoms with Crippen molar-refractivity contribution in [3.63, 3.8) is 0 Å². The molecule has 1 N–H and O–H groups in total. The quantitative estimate of drug-likeness (QED) is 0.821. The molecule has 0 saturated heterocycles. The van der Waals surface area contributed by atoms with Crippen molar-refractivity contribution in [1.29, 1.82) is 0 Å². The van der Waals surface area contributed by atoms with Crippen molar-refractivity contribution < 1.29 is 5.11 Å². The SMILES string of the molecule is Cc1nc(C2CCC2)nc(C)c1CCO. The van der Waals surface area contributed by atoms with Gasteiger partial charge in [0.1, 0.15) is 5.82 Å². The largest absolute Gasteiger partial charge is 0.396 e. The highest BCUT2D eigenvalue weighted by atomic mass is 16.2. The Balaban J connectivity index is 2.29. The molecule has 0 aliphatic heterocycles. The van der Waals surface area contributed by atoms with Crippen molar-refractivity contribution in [2.24, 2.45) is 0 Å². The normalized spacial score (nSPS) is 16.5. The number of hydrogen-bond acceptors (Lipinski definition) is 3. The summed E-state index contributed by atoms with van der Waals surface area (Å²) in [6.07, 6.45) is 4.45. The van der Waals surface area contributed by atoms with Gasteiger partial charge in [-0.15, -0.1) is 0 Å². The molecular weight excluding hydrogens is 188 g/mol. The molecule has 1 fully saturated rings. The zero-order valence-electron chi connectivity index (χ0n) is 9.45. The Morgan fingerprint density at radius 3 is 2.20 bits per heavy atom. The Bertz CT molecular complexity index is 336. The third-order valence-corrected chi connectivity index (χ3v) is 3.27. The summed E-state index contributed by atoms with van der Waals surface area (Å²) in [5.41, 5.74) is 3.19. The van der Waals surface area contributed by atoms with E-state index in [0.717, 1.165) is 22.8 Å². The molecule has 1 aromatic rings. The minimum atomic E-state index is 0.174. The Morgan fingerprint density at radius 2 is 1.80 bits per heavy atom. The second kappa shape index (κ2) is 4.27. The lowest BCUT2D eigenvalue weighted by Crippen LogP contribution is -2.15. The number of nitrogens with zero attached hydrogens (tertiary/aromatic N) is 2. The van der Waals surface area contributed by atoms with Crippen LogP contribution < -0.4 is 0 Å². The first-order chi connectivity index (χ1) is 7.22. The molecule has 0 unspecified atom stereocenters. The van der Waals surface area contributed by atoms with E-state index < -0.39 is 0 Å². The van der Waals surface area contributed by atoms with Crippen molar-refractivity contribution in [2.45, 2.75) is 45.4 Å². The predicted molar refractivity (Wildman–Crippen MR) is 58.9 cm³/mol. The minimum Gasteiger partial charge on any atom is -0.396 e. The second-order valence-corrected chi connectivity index (χ2v) is 4.33. The van der Waals surface area contributed by atoms with Crippen LogP contribution in [0, 0.1) is 13.8 Å².